The number of piperidine rings is 1. The number of carbonyl (C=O) groups excluding carboxylic acids is 1. The molecule has 28 heavy (non-hydrogen) atoms. The Balaban J connectivity index is 1.34. The first kappa shape index (κ1) is 17.6. The summed E-state index contributed by atoms with van der Waals surface area (Å²) >= 11 is 7.65. The van der Waals surface area contributed by atoms with Gasteiger partial charge in [0.2, 0.25) is 0 Å². The molecule has 2 aromatic carbocycles. The summed E-state index contributed by atoms with van der Waals surface area (Å²) in [6.45, 7) is 1.22. The second-order valence-corrected chi connectivity index (χ2v) is 8.40. The number of benzene rings is 2. The number of likely N-dealkylation sites (tertiary alicyclic amines) is 1. The van der Waals surface area contributed by atoms with Crippen LogP contribution in [0, 0.1) is 5.82 Å². The number of carbonyl (C=O) groups is 1. The molecule has 1 saturated heterocycles. The molecular formula is C21H16ClFN2O2S. The molecule has 1 fully saturated rings. The van der Waals surface area contributed by atoms with Crippen LogP contribution in [-0.4, -0.2) is 28.9 Å². The quantitative estimate of drug-likeness (QED) is 0.413. The normalized spacial score (nSPS) is 15.6. The van der Waals surface area contributed by atoms with Crippen LogP contribution >= 0.6 is 22.9 Å². The Bertz CT molecular complexity index is 1160. The Morgan fingerprint density at radius 2 is 2.00 bits per heavy atom. The smallest absolute Gasteiger partial charge is 0.265 e. The molecule has 7 heteroatoms. The van der Waals surface area contributed by atoms with Gasteiger partial charge in [-0.25, -0.2) is 9.37 Å². The van der Waals surface area contributed by atoms with E-state index >= 15 is 0 Å². The summed E-state index contributed by atoms with van der Waals surface area (Å²) in [4.78, 5) is 19.9. The van der Waals surface area contributed by atoms with Gasteiger partial charge in [0.05, 0.1) is 5.02 Å². The average Bonchev–Trinajstić information content (AvgIpc) is 3.28. The standard InChI is InChI=1S/C21H16ClFN2O2S/c22-18-14-6-5-13(23)11-17(14)28-19(18)21(26)25-9-7-12(8-10-25)20-24-15-3-1-2-4-16(15)27-20/h1-6,11-12H,7-10H2. The van der Waals surface area contributed by atoms with Gasteiger partial charge in [-0.15, -0.1) is 11.3 Å². The van der Waals surface area contributed by atoms with E-state index in [1.54, 1.807) is 6.07 Å². The molecule has 0 N–H and O–H groups in total. The zero-order valence-electron chi connectivity index (χ0n) is 14.8. The van der Waals surface area contributed by atoms with Gasteiger partial charge in [-0.05, 0) is 43.2 Å². The maximum atomic E-state index is 13.5. The molecule has 1 aliphatic rings. The zero-order valence-corrected chi connectivity index (χ0v) is 16.4. The van der Waals surface area contributed by atoms with Crippen molar-refractivity contribution < 1.29 is 13.6 Å². The van der Waals surface area contributed by atoms with E-state index < -0.39 is 0 Å². The van der Waals surface area contributed by atoms with Gasteiger partial charge >= 0.3 is 0 Å². The molecule has 142 valence electrons. The Hall–Kier alpha value is -2.44. The minimum absolute atomic E-state index is 0.0948. The number of rotatable bonds is 2. The second-order valence-electron chi connectivity index (χ2n) is 6.97. The molecule has 2 aromatic heterocycles. The van der Waals surface area contributed by atoms with Gasteiger partial charge in [-0.2, -0.15) is 0 Å². The van der Waals surface area contributed by atoms with Crippen LogP contribution in [0.1, 0.15) is 34.3 Å². The van der Waals surface area contributed by atoms with Gasteiger partial charge < -0.3 is 9.32 Å². The predicted octanol–water partition coefficient (Wildman–Crippen LogP) is 5.85. The zero-order chi connectivity index (χ0) is 19.3. The molecule has 1 amide bonds. The van der Waals surface area contributed by atoms with E-state index in [-0.39, 0.29) is 17.6 Å². The third kappa shape index (κ3) is 2.97. The van der Waals surface area contributed by atoms with E-state index in [9.17, 15) is 9.18 Å². The Labute approximate surface area is 169 Å². The molecule has 0 spiro atoms. The summed E-state index contributed by atoms with van der Waals surface area (Å²) in [5.41, 5.74) is 1.65. The Morgan fingerprint density at radius 1 is 1.21 bits per heavy atom. The molecule has 0 radical (unpaired) electrons. The van der Waals surface area contributed by atoms with Crippen molar-refractivity contribution in [2.45, 2.75) is 18.8 Å². The molecular weight excluding hydrogens is 399 g/mol. The number of oxazole rings is 1. The highest BCUT2D eigenvalue weighted by atomic mass is 35.5. The lowest BCUT2D eigenvalue weighted by atomic mass is 9.96. The molecule has 0 saturated carbocycles. The molecule has 0 aliphatic carbocycles. The van der Waals surface area contributed by atoms with Crippen LogP contribution in [-0.2, 0) is 0 Å². The molecule has 4 nitrogen and oxygen atoms in total. The first-order valence-electron chi connectivity index (χ1n) is 9.12. The fourth-order valence-corrected chi connectivity index (χ4v) is 5.22. The summed E-state index contributed by atoms with van der Waals surface area (Å²) in [5.74, 6) is 0.512. The van der Waals surface area contributed by atoms with Crippen molar-refractivity contribution in [3.63, 3.8) is 0 Å². The molecule has 0 unspecified atom stereocenters. The highest BCUT2D eigenvalue weighted by Gasteiger charge is 2.29. The first-order chi connectivity index (χ1) is 13.6. The fourth-order valence-electron chi connectivity index (χ4n) is 3.71. The monoisotopic (exact) mass is 414 g/mol. The van der Waals surface area contributed by atoms with Crippen molar-refractivity contribution in [1.82, 2.24) is 9.88 Å². The van der Waals surface area contributed by atoms with E-state index in [0.29, 0.717) is 27.7 Å². The number of fused-ring (bicyclic) bond motifs is 2. The highest BCUT2D eigenvalue weighted by molar-refractivity contribution is 7.21. The lowest BCUT2D eigenvalue weighted by Crippen LogP contribution is -2.37. The topological polar surface area (TPSA) is 46.3 Å². The number of hydrogen-bond donors (Lipinski definition) is 0. The number of nitrogens with zero attached hydrogens (tertiary/aromatic N) is 2. The van der Waals surface area contributed by atoms with Gasteiger partial charge in [0.25, 0.3) is 5.91 Å². The minimum atomic E-state index is -0.330. The Morgan fingerprint density at radius 3 is 2.79 bits per heavy atom. The van der Waals surface area contributed by atoms with E-state index in [1.165, 1.54) is 23.5 Å². The highest BCUT2D eigenvalue weighted by Crippen LogP contribution is 2.37. The van der Waals surface area contributed by atoms with Crippen LogP contribution in [0.4, 0.5) is 4.39 Å². The molecule has 0 atom stereocenters. The van der Waals surface area contributed by atoms with Crippen molar-refractivity contribution >= 4 is 50.0 Å². The summed E-state index contributed by atoms with van der Waals surface area (Å²) in [7, 11) is 0. The van der Waals surface area contributed by atoms with Gasteiger partial charge in [0.1, 0.15) is 16.2 Å². The van der Waals surface area contributed by atoms with Crippen LogP contribution in [0.5, 0.6) is 0 Å². The van der Waals surface area contributed by atoms with Crippen LogP contribution in [0.2, 0.25) is 5.02 Å². The van der Waals surface area contributed by atoms with E-state index in [4.69, 9.17) is 16.0 Å². The minimum Gasteiger partial charge on any atom is -0.440 e. The number of halogens is 2. The summed E-state index contributed by atoms with van der Waals surface area (Å²) in [6, 6.07) is 12.1. The third-order valence-electron chi connectivity index (χ3n) is 5.23. The van der Waals surface area contributed by atoms with Crippen molar-refractivity contribution in [2.75, 3.05) is 13.1 Å². The largest absolute Gasteiger partial charge is 0.440 e. The molecule has 1 aliphatic heterocycles. The van der Waals surface area contributed by atoms with Gasteiger partial charge in [0, 0.05) is 29.1 Å². The van der Waals surface area contributed by atoms with E-state index in [1.807, 2.05) is 29.2 Å². The number of aromatic nitrogens is 1. The molecule has 4 aromatic rings. The van der Waals surface area contributed by atoms with Gasteiger partial charge in [-0.3, -0.25) is 4.79 Å². The van der Waals surface area contributed by atoms with Gasteiger partial charge in [-0.1, -0.05) is 23.7 Å². The third-order valence-corrected chi connectivity index (χ3v) is 6.87. The van der Waals surface area contributed by atoms with Gasteiger partial charge in [0.15, 0.2) is 11.5 Å². The summed E-state index contributed by atoms with van der Waals surface area (Å²) < 4.78 is 20.0. The number of hydrogen-bond acceptors (Lipinski definition) is 4. The van der Waals surface area contributed by atoms with Crippen molar-refractivity contribution in [3.05, 3.63) is 64.1 Å². The maximum absolute atomic E-state index is 13.5. The lowest BCUT2D eigenvalue weighted by Gasteiger charge is -2.30. The molecule has 3 heterocycles. The van der Waals surface area contributed by atoms with Crippen molar-refractivity contribution in [3.8, 4) is 0 Å². The summed E-state index contributed by atoms with van der Waals surface area (Å²) in [5, 5.41) is 1.13. The van der Waals surface area contributed by atoms with Crippen LogP contribution in [0.15, 0.2) is 46.9 Å². The van der Waals surface area contributed by atoms with Crippen LogP contribution in [0.25, 0.3) is 21.2 Å². The molecule has 5 rings (SSSR count). The predicted molar refractivity (Wildman–Crippen MR) is 109 cm³/mol. The summed E-state index contributed by atoms with van der Waals surface area (Å²) in [6.07, 6.45) is 1.57. The fraction of sp³-hybridized carbons (Fsp3) is 0.238. The SMILES string of the molecule is O=C(c1sc2cc(F)ccc2c1Cl)N1CCC(c2nc3ccccc3o2)CC1. The maximum Gasteiger partial charge on any atom is 0.265 e. The van der Waals surface area contributed by atoms with Crippen molar-refractivity contribution in [1.29, 1.82) is 0 Å². The number of para-hydroxylation sites is 2. The number of amides is 1. The molecule has 0 bridgehead atoms. The lowest BCUT2D eigenvalue weighted by molar-refractivity contribution is 0.0712. The van der Waals surface area contributed by atoms with Crippen LogP contribution < -0.4 is 0 Å². The van der Waals surface area contributed by atoms with Crippen molar-refractivity contribution in [2.24, 2.45) is 0 Å². The van der Waals surface area contributed by atoms with E-state index in [2.05, 4.69) is 4.98 Å². The number of thiophene rings is 1. The average molecular weight is 415 g/mol. The first-order valence-corrected chi connectivity index (χ1v) is 10.3. The van der Waals surface area contributed by atoms with Crippen LogP contribution in [0.3, 0.4) is 0 Å². The second kappa shape index (κ2) is 6.87. The Kier molecular flexibility index (Phi) is 4.33. The van der Waals surface area contributed by atoms with E-state index in [0.717, 1.165) is 35.2 Å².